The third-order valence-electron chi connectivity index (χ3n) is 5.20. The van der Waals surface area contributed by atoms with Crippen LogP contribution in [0.25, 0.3) is 0 Å². The molecule has 3 aliphatic carbocycles. The normalized spacial score (nSPS) is 29.8. The molecule has 0 amide bonds. The largest absolute Gasteiger partial charge is 0.380 e. The first-order valence-electron chi connectivity index (χ1n) is 6.82. The van der Waals surface area contributed by atoms with Gasteiger partial charge in [0.1, 0.15) is 0 Å². The summed E-state index contributed by atoms with van der Waals surface area (Å²) in [4.78, 5) is 0. The summed E-state index contributed by atoms with van der Waals surface area (Å²) in [6.07, 6.45) is 13.2. The Morgan fingerprint density at radius 3 is 2.19 bits per heavy atom. The highest BCUT2D eigenvalue weighted by atomic mass is 15.0. The van der Waals surface area contributed by atoms with Crippen LogP contribution in [0.5, 0.6) is 0 Å². The monoisotopic (exact) mass is 217 g/mol. The minimum absolute atomic E-state index is 0.388. The summed E-state index contributed by atoms with van der Waals surface area (Å²) >= 11 is 0. The van der Waals surface area contributed by atoms with E-state index in [1.807, 2.05) is 6.08 Å². The number of hydrogen-bond donors (Lipinski definition) is 1. The second-order valence-electron chi connectivity index (χ2n) is 6.07. The third-order valence-corrected chi connectivity index (χ3v) is 5.20. The Bertz CT molecular complexity index is 314. The Labute approximate surface area is 99.0 Å². The molecule has 1 N–H and O–H groups in total. The summed E-state index contributed by atoms with van der Waals surface area (Å²) in [5, 5.41) is 3.75. The van der Waals surface area contributed by atoms with Crippen LogP contribution in [0.4, 0.5) is 0 Å². The number of hydrogen-bond acceptors (Lipinski definition) is 1. The van der Waals surface area contributed by atoms with Gasteiger partial charge in [0.15, 0.2) is 0 Å². The molecule has 0 radical (unpaired) electrons. The maximum atomic E-state index is 4.07. The average molecular weight is 217 g/mol. The molecular formula is C15H23N. The molecule has 0 unspecified atom stereocenters. The van der Waals surface area contributed by atoms with Gasteiger partial charge in [0.05, 0.1) is 0 Å². The Hall–Kier alpha value is -0.720. The van der Waals surface area contributed by atoms with Gasteiger partial charge < -0.3 is 5.32 Å². The van der Waals surface area contributed by atoms with Crippen molar-refractivity contribution in [1.29, 1.82) is 0 Å². The molecule has 1 heteroatoms. The predicted octanol–water partition coefficient (Wildman–Crippen LogP) is 3.78. The molecule has 0 spiro atoms. The number of allylic oxidation sites excluding steroid dienone is 1. The van der Waals surface area contributed by atoms with E-state index in [0.717, 1.165) is 11.6 Å². The molecule has 3 saturated carbocycles. The van der Waals surface area contributed by atoms with Crippen LogP contribution in [0.3, 0.4) is 0 Å². The van der Waals surface area contributed by atoms with E-state index in [0.29, 0.717) is 11.0 Å². The molecule has 0 aromatic rings. The van der Waals surface area contributed by atoms with Crippen molar-refractivity contribution in [2.45, 2.75) is 56.9 Å². The highest BCUT2D eigenvalue weighted by molar-refractivity contribution is 5.24. The van der Waals surface area contributed by atoms with Crippen LogP contribution in [0.15, 0.2) is 24.9 Å². The molecule has 0 saturated heterocycles. The van der Waals surface area contributed by atoms with Gasteiger partial charge in [-0.2, -0.15) is 0 Å². The van der Waals surface area contributed by atoms with Crippen molar-refractivity contribution in [2.75, 3.05) is 0 Å². The van der Waals surface area contributed by atoms with E-state index < -0.39 is 0 Å². The SMILES string of the molecule is C=CC(=C)NC1(C2(C3CC3)CC2)CCCC1. The minimum Gasteiger partial charge on any atom is -0.380 e. The van der Waals surface area contributed by atoms with Gasteiger partial charge >= 0.3 is 0 Å². The standard InChI is InChI=1S/C15H23N/c1-3-12(2)16-15(8-4-5-9-15)14(10-11-14)13-6-7-13/h3,13,16H,1-2,4-11H2. The molecule has 0 aromatic heterocycles. The van der Waals surface area contributed by atoms with Crippen molar-refractivity contribution < 1.29 is 0 Å². The molecule has 1 nitrogen and oxygen atoms in total. The lowest BCUT2D eigenvalue weighted by Crippen LogP contribution is -2.50. The predicted molar refractivity (Wildman–Crippen MR) is 68.1 cm³/mol. The first kappa shape index (κ1) is 10.4. The first-order chi connectivity index (χ1) is 7.72. The van der Waals surface area contributed by atoms with Gasteiger partial charge in [-0.25, -0.2) is 0 Å². The molecule has 0 bridgehead atoms. The Kier molecular flexibility index (Phi) is 2.21. The summed E-state index contributed by atoms with van der Waals surface area (Å²) in [5.41, 5.74) is 2.07. The fourth-order valence-electron chi connectivity index (χ4n) is 4.13. The highest BCUT2D eigenvalue weighted by Gasteiger charge is 2.65. The topological polar surface area (TPSA) is 12.0 Å². The van der Waals surface area contributed by atoms with Crippen molar-refractivity contribution in [3.8, 4) is 0 Å². The maximum absolute atomic E-state index is 4.07. The van der Waals surface area contributed by atoms with Crippen molar-refractivity contribution in [3.63, 3.8) is 0 Å². The lowest BCUT2D eigenvalue weighted by Gasteiger charge is -2.41. The van der Waals surface area contributed by atoms with Crippen LogP contribution in [0.2, 0.25) is 0 Å². The van der Waals surface area contributed by atoms with E-state index in [-0.39, 0.29) is 0 Å². The van der Waals surface area contributed by atoms with Gasteiger partial charge in [0, 0.05) is 11.2 Å². The van der Waals surface area contributed by atoms with Crippen LogP contribution in [0, 0.1) is 11.3 Å². The van der Waals surface area contributed by atoms with Crippen molar-refractivity contribution in [3.05, 3.63) is 24.9 Å². The number of nitrogens with one attached hydrogen (secondary N) is 1. The van der Waals surface area contributed by atoms with Crippen LogP contribution in [0.1, 0.15) is 51.4 Å². The summed E-state index contributed by atoms with van der Waals surface area (Å²) in [6, 6.07) is 0. The quantitative estimate of drug-likeness (QED) is 0.691. The van der Waals surface area contributed by atoms with Gasteiger partial charge in [-0.05, 0) is 55.9 Å². The molecule has 3 aliphatic rings. The fraction of sp³-hybridized carbons (Fsp3) is 0.733. The Morgan fingerprint density at radius 1 is 1.12 bits per heavy atom. The van der Waals surface area contributed by atoms with Crippen LogP contribution in [-0.2, 0) is 0 Å². The van der Waals surface area contributed by atoms with Gasteiger partial charge in [-0.1, -0.05) is 26.0 Å². The Morgan fingerprint density at radius 2 is 1.75 bits per heavy atom. The molecule has 88 valence electrons. The van der Waals surface area contributed by atoms with E-state index in [9.17, 15) is 0 Å². The smallest absolute Gasteiger partial charge is 0.0432 e. The third kappa shape index (κ3) is 1.37. The number of rotatable bonds is 5. The van der Waals surface area contributed by atoms with E-state index in [1.165, 1.54) is 51.4 Å². The van der Waals surface area contributed by atoms with Gasteiger partial charge in [-0.15, -0.1) is 0 Å². The second kappa shape index (κ2) is 3.38. The fourth-order valence-corrected chi connectivity index (χ4v) is 4.13. The summed E-state index contributed by atoms with van der Waals surface area (Å²) < 4.78 is 0. The zero-order valence-corrected chi connectivity index (χ0v) is 10.2. The first-order valence-corrected chi connectivity index (χ1v) is 6.82. The van der Waals surface area contributed by atoms with E-state index in [1.54, 1.807) is 0 Å². The van der Waals surface area contributed by atoms with Gasteiger partial charge in [0.25, 0.3) is 0 Å². The molecule has 16 heavy (non-hydrogen) atoms. The highest BCUT2D eigenvalue weighted by Crippen LogP contribution is 2.69. The molecular weight excluding hydrogens is 194 g/mol. The molecule has 0 atom stereocenters. The average Bonchev–Trinajstić information content (AvgIpc) is 3.16. The molecule has 0 aliphatic heterocycles. The zero-order valence-electron chi connectivity index (χ0n) is 10.2. The van der Waals surface area contributed by atoms with Crippen molar-refractivity contribution >= 4 is 0 Å². The maximum Gasteiger partial charge on any atom is 0.0432 e. The van der Waals surface area contributed by atoms with E-state index >= 15 is 0 Å². The molecule has 3 rings (SSSR count). The molecule has 0 heterocycles. The van der Waals surface area contributed by atoms with E-state index in [2.05, 4.69) is 18.5 Å². The van der Waals surface area contributed by atoms with Gasteiger partial charge in [-0.3, -0.25) is 0 Å². The second-order valence-corrected chi connectivity index (χ2v) is 6.07. The molecule has 3 fully saturated rings. The molecule has 0 aromatic carbocycles. The van der Waals surface area contributed by atoms with Crippen LogP contribution in [-0.4, -0.2) is 5.54 Å². The van der Waals surface area contributed by atoms with Crippen LogP contribution < -0.4 is 5.32 Å². The van der Waals surface area contributed by atoms with E-state index in [4.69, 9.17) is 0 Å². The van der Waals surface area contributed by atoms with Crippen molar-refractivity contribution in [1.82, 2.24) is 5.32 Å². The van der Waals surface area contributed by atoms with Crippen molar-refractivity contribution in [2.24, 2.45) is 11.3 Å². The lowest BCUT2D eigenvalue weighted by molar-refractivity contribution is 0.181. The van der Waals surface area contributed by atoms with Gasteiger partial charge in [0.2, 0.25) is 0 Å². The summed E-state index contributed by atoms with van der Waals surface area (Å²) in [6.45, 7) is 7.91. The summed E-state index contributed by atoms with van der Waals surface area (Å²) in [5.74, 6) is 1.02. The minimum atomic E-state index is 0.388. The Balaban J connectivity index is 1.84. The lowest BCUT2D eigenvalue weighted by atomic mass is 9.75. The summed E-state index contributed by atoms with van der Waals surface area (Å²) in [7, 11) is 0. The zero-order chi connectivity index (χ0) is 11.2. The van der Waals surface area contributed by atoms with Crippen LogP contribution >= 0.6 is 0 Å².